The van der Waals surface area contributed by atoms with Crippen molar-refractivity contribution in [3.63, 3.8) is 0 Å². The molecule has 0 aromatic heterocycles. The molecule has 0 rings (SSSR count). The van der Waals surface area contributed by atoms with E-state index >= 15 is 0 Å². The predicted molar refractivity (Wildman–Crippen MR) is 171 cm³/mol. The van der Waals surface area contributed by atoms with Crippen LogP contribution in [0.15, 0.2) is 0 Å². The second-order valence-electron chi connectivity index (χ2n) is 13.9. The number of carbonyl (C=O) groups is 2. The topological polar surface area (TPSA) is 46.2 Å². The van der Waals surface area contributed by atoms with Crippen LogP contribution in [0.4, 0.5) is 0 Å². The number of Topliss-reactive ketones (excluding diaryl/α,β-unsaturated/α-hetero) is 1. The third kappa shape index (κ3) is 28.4. The van der Waals surface area contributed by atoms with E-state index in [4.69, 9.17) is 0 Å². The molecule has 0 saturated carbocycles. The summed E-state index contributed by atoms with van der Waals surface area (Å²) >= 11 is 0. The fourth-order valence-electron chi connectivity index (χ4n) is 4.68. The van der Waals surface area contributed by atoms with Crippen LogP contribution in [0.5, 0.6) is 0 Å². The lowest BCUT2D eigenvalue weighted by Crippen LogP contribution is -2.31. The minimum atomic E-state index is -0.223. The van der Waals surface area contributed by atoms with E-state index in [1.807, 2.05) is 49.3 Å². The quantitative estimate of drug-likeness (QED) is 0.183. The van der Waals surface area contributed by atoms with E-state index in [0.717, 1.165) is 25.1 Å². The van der Waals surface area contributed by atoms with Crippen molar-refractivity contribution in [3.8, 4) is 0 Å². The van der Waals surface area contributed by atoms with Crippen molar-refractivity contribution >= 4 is 33.8 Å². The third-order valence-electron chi connectivity index (χ3n) is 5.13. The summed E-state index contributed by atoms with van der Waals surface area (Å²) in [6.45, 7) is 39.9. The summed E-state index contributed by atoms with van der Waals surface area (Å²) in [6, 6.07) is 0. The Hall–Kier alpha value is -0.160. The van der Waals surface area contributed by atoms with Gasteiger partial charge in [0.15, 0.2) is 0 Å². The normalized spacial score (nSPS) is 12.3. The van der Waals surface area contributed by atoms with E-state index in [2.05, 4.69) is 95.3 Å². The molecule has 0 aromatic carbocycles. The number of rotatable bonds is 13. The van der Waals surface area contributed by atoms with Crippen LogP contribution < -0.4 is 5.32 Å². The number of hydrogen-bond acceptors (Lipinski definition) is 4. The summed E-state index contributed by atoms with van der Waals surface area (Å²) in [5.74, 6) is 1.94. The Morgan fingerprint density at radius 1 is 0.778 bits per heavy atom. The Balaban J connectivity index is -0.000000392. The minimum absolute atomic E-state index is 0.170. The second-order valence-corrected chi connectivity index (χ2v) is 16.9. The van der Waals surface area contributed by atoms with E-state index in [0.29, 0.717) is 22.5 Å². The van der Waals surface area contributed by atoms with E-state index < -0.39 is 0 Å². The van der Waals surface area contributed by atoms with Crippen LogP contribution >= 0.6 is 21.6 Å². The Bertz CT molecular complexity index is 559. The van der Waals surface area contributed by atoms with E-state index in [1.165, 1.54) is 12.8 Å². The van der Waals surface area contributed by atoms with Gasteiger partial charge < -0.3 is 5.32 Å². The molecule has 3 nitrogen and oxygen atoms in total. The Kier molecular flexibility index (Phi) is 23.7. The predicted octanol–water partition coefficient (Wildman–Crippen LogP) is 10.5. The molecule has 0 fully saturated rings. The average Bonchev–Trinajstić information content (AvgIpc) is 2.65. The fourth-order valence-corrected chi connectivity index (χ4v) is 8.20. The molecule has 0 aliphatic carbocycles. The van der Waals surface area contributed by atoms with E-state index in [-0.39, 0.29) is 15.6 Å². The molecule has 1 amide bonds. The summed E-state index contributed by atoms with van der Waals surface area (Å²) < 4.78 is 0.256. The van der Waals surface area contributed by atoms with Crippen molar-refractivity contribution in [2.45, 2.75) is 149 Å². The van der Waals surface area contributed by atoms with Gasteiger partial charge in [-0.25, -0.2) is 0 Å². The van der Waals surface area contributed by atoms with Gasteiger partial charge in [0, 0.05) is 22.5 Å². The van der Waals surface area contributed by atoms with Gasteiger partial charge in [0.05, 0.1) is 0 Å². The van der Waals surface area contributed by atoms with E-state index in [9.17, 15) is 9.59 Å². The molecule has 0 atom stereocenters. The van der Waals surface area contributed by atoms with Gasteiger partial charge in [0.25, 0.3) is 0 Å². The summed E-state index contributed by atoms with van der Waals surface area (Å²) in [6.07, 6.45) is 4.13. The average molecular weight is 550 g/mol. The Morgan fingerprint density at radius 3 is 1.53 bits per heavy atom. The smallest absolute Gasteiger partial charge is 0.207 e. The highest BCUT2D eigenvalue weighted by Gasteiger charge is 2.35. The lowest BCUT2D eigenvalue weighted by atomic mass is 9.72. The maximum atomic E-state index is 11.8. The molecule has 0 aromatic rings. The first-order valence-electron chi connectivity index (χ1n) is 14.0. The van der Waals surface area contributed by atoms with Gasteiger partial charge in [-0.05, 0) is 62.2 Å². The number of nitrogens with one attached hydrogen (secondary N) is 1. The van der Waals surface area contributed by atoms with Crippen molar-refractivity contribution in [2.75, 3.05) is 12.3 Å². The molecule has 0 bridgehead atoms. The summed E-state index contributed by atoms with van der Waals surface area (Å²) in [5, 5.41) is 2.57. The molecule has 1 N–H and O–H groups in total. The Labute approximate surface area is 236 Å². The first-order chi connectivity index (χ1) is 16.0. The standard InChI is InChI=1S/C22H44OS2.C5H11NO.2C2H6/c1-17(23)21(9,10)14-20(7,8)16-24-25-22(11,12)15-19(5,6)13-18(2,3)4;1-5(2)3-6-4-7;2*1-2/h13-16H2,1-12H3;4-5H,3H2,1-2H3,(H,6,7);2*1-2H3. The van der Waals surface area contributed by atoms with Gasteiger partial charge in [-0.15, -0.1) is 0 Å². The number of amides is 1. The number of ketones is 1. The molecule has 5 heteroatoms. The highest BCUT2D eigenvalue weighted by atomic mass is 33.1. The molecule has 220 valence electrons. The first-order valence-corrected chi connectivity index (χ1v) is 16.3. The minimum Gasteiger partial charge on any atom is -0.358 e. The highest BCUT2D eigenvalue weighted by Crippen LogP contribution is 2.48. The maximum absolute atomic E-state index is 11.8. The molecule has 36 heavy (non-hydrogen) atoms. The lowest BCUT2D eigenvalue weighted by molar-refractivity contribution is -0.126. The molecular weight excluding hydrogens is 482 g/mol. The molecule has 0 aliphatic heterocycles. The molecule has 0 heterocycles. The molecule has 0 spiro atoms. The lowest BCUT2D eigenvalue weighted by Gasteiger charge is -2.39. The van der Waals surface area contributed by atoms with Crippen molar-refractivity contribution in [1.82, 2.24) is 5.32 Å². The zero-order valence-electron chi connectivity index (χ0n) is 27.8. The monoisotopic (exact) mass is 549 g/mol. The summed E-state index contributed by atoms with van der Waals surface area (Å²) in [5.41, 5.74) is 0.669. The molecule has 0 radical (unpaired) electrons. The van der Waals surface area contributed by atoms with Crippen molar-refractivity contribution in [1.29, 1.82) is 0 Å². The molecule has 0 unspecified atom stereocenters. The van der Waals surface area contributed by atoms with Gasteiger partial charge in [-0.1, -0.05) is 125 Å². The van der Waals surface area contributed by atoms with Gasteiger partial charge >= 0.3 is 0 Å². The zero-order chi connectivity index (χ0) is 30.0. The van der Waals surface area contributed by atoms with Crippen LogP contribution in [-0.2, 0) is 9.59 Å². The van der Waals surface area contributed by atoms with E-state index in [1.54, 1.807) is 6.92 Å². The zero-order valence-corrected chi connectivity index (χ0v) is 29.5. The highest BCUT2D eigenvalue weighted by molar-refractivity contribution is 8.77. The molecule has 0 saturated heterocycles. The van der Waals surface area contributed by atoms with Crippen LogP contribution in [-0.4, -0.2) is 29.2 Å². The molecule has 0 aliphatic rings. The Morgan fingerprint density at radius 2 is 1.22 bits per heavy atom. The number of hydrogen-bond donors (Lipinski definition) is 1. The first kappa shape index (κ1) is 42.9. The third-order valence-corrected chi connectivity index (χ3v) is 8.80. The largest absolute Gasteiger partial charge is 0.358 e. The SMILES string of the molecule is CC.CC.CC(=O)C(C)(C)CC(C)(C)CSSC(C)(C)CC(C)(C)CC(C)(C)C.CC(C)CNC=O. The van der Waals surface area contributed by atoms with Gasteiger partial charge in [0.2, 0.25) is 6.41 Å². The van der Waals surface area contributed by atoms with Crippen LogP contribution in [0.2, 0.25) is 0 Å². The van der Waals surface area contributed by atoms with Crippen LogP contribution in [0.25, 0.3) is 0 Å². The van der Waals surface area contributed by atoms with Crippen molar-refractivity contribution in [2.24, 2.45) is 27.6 Å². The van der Waals surface area contributed by atoms with Gasteiger partial charge in [0.1, 0.15) is 5.78 Å². The van der Waals surface area contributed by atoms with Gasteiger partial charge in [-0.2, -0.15) is 0 Å². The fraction of sp³-hybridized carbons (Fsp3) is 0.935. The summed E-state index contributed by atoms with van der Waals surface area (Å²) in [4.78, 5) is 21.4. The second kappa shape index (κ2) is 19.8. The van der Waals surface area contributed by atoms with Crippen molar-refractivity contribution < 1.29 is 9.59 Å². The van der Waals surface area contributed by atoms with Crippen molar-refractivity contribution in [3.05, 3.63) is 0 Å². The van der Waals surface area contributed by atoms with Gasteiger partial charge in [-0.3, -0.25) is 9.59 Å². The summed E-state index contributed by atoms with van der Waals surface area (Å²) in [7, 11) is 4.01. The van der Waals surface area contributed by atoms with Crippen LogP contribution in [0.1, 0.15) is 144 Å². The molecular formula is C31H67NO2S2. The van der Waals surface area contributed by atoms with Crippen LogP contribution in [0, 0.1) is 27.6 Å². The number of carbonyl (C=O) groups excluding carboxylic acids is 2. The maximum Gasteiger partial charge on any atom is 0.207 e. The van der Waals surface area contributed by atoms with Crippen LogP contribution in [0.3, 0.4) is 0 Å².